The number of hydrogen-bond acceptors (Lipinski definition) is 4. The summed E-state index contributed by atoms with van der Waals surface area (Å²) in [5.41, 5.74) is 7.17. The van der Waals surface area contributed by atoms with Gasteiger partial charge in [0.25, 0.3) is 10.0 Å². The van der Waals surface area contributed by atoms with Crippen LogP contribution in [-0.2, 0) is 18.9 Å². The molecule has 0 heterocycles. The second-order valence-corrected chi connectivity index (χ2v) is 9.39. The molecular formula is C10H23N3O4SSi. The van der Waals surface area contributed by atoms with Crippen LogP contribution >= 0.6 is 0 Å². The summed E-state index contributed by atoms with van der Waals surface area (Å²) >= 11 is 0. The molecule has 0 fully saturated rings. The van der Waals surface area contributed by atoms with Crippen LogP contribution < -0.4 is 0 Å². The topological polar surface area (TPSA) is 101 Å². The first-order valence-corrected chi connectivity index (χ1v) is 10.5. The van der Waals surface area contributed by atoms with Crippen molar-refractivity contribution < 1.29 is 17.3 Å². The van der Waals surface area contributed by atoms with Gasteiger partial charge in [0.2, 0.25) is 0 Å². The molecule has 2 unspecified atom stereocenters. The van der Waals surface area contributed by atoms with Crippen molar-refractivity contribution in [2.45, 2.75) is 58.1 Å². The van der Waals surface area contributed by atoms with Crippen LogP contribution in [0.25, 0.3) is 10.4 Å². The first kappa shape index (κ1) is 18.4. The van der Waals surface area contributed by atoms with Gasteiger partial charge in [-0.25, -0.2) is 8.42 Å². The Morgan fingerprint density at radius 2 is 1.95 bits per heavy atom. The van der Waals surface area contributed by atoms with Crippen molar-refractivity contribution in [3.05, 3.63) is 10.4 Å². The fourth-order valence-corrected chi connectivity index (χ4v) is 6.00. The highest BCUT2D eigenvalue weighted by Crippen LogP contribution is 2.23. The molecule has 2 atom stereocenters. The smallest absolute Gasteiger partial charge is 0.335 e. The predicted octanol–water partition coefficient (Wildman–Crippen LogP) is 3.29. The van der Waals surface area contributed by atoms with Gasteiger partial charge in [-0.2, -0.15) is 0 Å². The van der Waals surface area contributed by atoms with Gasteiger partial charge in [0, 0.05) is 16.0 Å². The zero-order valence-electron chi connectivity index (χ0n) is 12.0. The third-order valence-electron chi connectivity index (χ3n) is 2.51. The monoisotopic (exact) mass is 309 g/mol. The van der Waals surface area contributed by atoms with Crippen LogP contribution in [0.4, 0.5) is 0 Å². The maximum atomic E-state index is 11.7. The summed E-state index contributed by atoms with van der Waals surface area (Å²) in [4.78, 5) is 2.35. The molecule has 0 bridgehead atoms. The molecule has 112 valence electrons. The van der Waals surface area contributed by atoms with E-state index in [-0.39, 0.29) is 6.42 Å². The second-order valence-electron chi connectivity index (χ2n) is 4.37. The lowest BCUT2D eigenvalue weighted by Crippen LogP contribution is -2.44. The Bertz CT molecular complexity index is 411. The number of sulfonamides is 1. The zero-order chi connectivity index (χ0) is 14.9. The summed E-state index contributed by atoms with van der Waals surface area (Å²) in [5.74, 6) is 0. The van der Waals surface area contributed by atoms with Gasteiger partial charge in [0.05, 0.1) is 0 Å². The molecule has 0 saturated carbocycles. The lowest BCUT2D eigenvalue weighted by atomic mass is 10.5. The second kappa shape index (κ2) is 8.54. The minimum Gasteiger partial charge on any atom is -0.394 e. The van der Waals surface area contributed by atoms with E-state index in [9.17, 15) is 8.42 Å². The largest absolute Gasteiger partial charge is 0.394 e. The Balaban J connectivity index is 5.02. The van der Waals surface area contributed by atoms with Gasteiger partial charge >= 0.3 is 8.56 Å². The molecule has 9 heteroatoms. The van der Waals surface area contributed by atoms with Crippen LogP contribution in [0, 0.1) is 0 Å². The van der Waals surface area contributed by atoms with Crippen molar-refractivity contribution in [1.29, 1.82) is 0 Å². The summed E-state index contributed by atoms with van der Waals surface area (Å²) < 4.78 is 37.8. The van der Waals surface area contributed by atoms with Crippen molar-refractivity contribution in [3.63, 3.8) is 0 Å². The normalized spacial score (nSPS) is 16.4. The highest BCUT2D eigenvalue weighted by Gasteiger charge is 2.37. The summed E-state index contributed by atoms with van der Waals surface area (Å²) in [5, 5.41) is 0. The van der Waals surface area contributed by atoms with E-state index in [1.54, 1.807) is 6.92 Å². The maximum Gasteiger partial charge on any atom is 0.335 e. The van der Waals surface area contributed by atoms with Gasteiger partial charge in [0.15, 0.2) is 5.44 Å². The molecule has 0 aliphatic carbocycles. The summed E-state index contributed by atoms with van der Waals surface area (Å²) in [6.45, 7) is 8.04. The molecule has 0 N–H and O–H groups in total. The maximum absolute atomic E-state index is 11.7. The molecule has 0 amide bonds. The molecule has 0 aliphatic rings. The Kier molecular flexibility index (Phi) is 8.27. The third-order valence-corrected chi connectivity index (χ3v) is 7.08. The Morgan fingerprint density at radius 3 is 2.37 bits per heavy atom. The standard InChI is InChI=1S/C10H23N3O4SSi/c1-5-8-16-19(4,9-6-2)17-10(7-3)18(14,15)13-12-11/h10H,5-9H2,1-4H3. The number of rotatable bonds is 10. The molecule has 19 heavy (non-hydrogen) atoms. The molecule has 0 saturated heterocycles. The van der Waals surface area contributed by atoms with E-state index in [1.807, 2.05) is 20.4 Å². The van der Waals surface area contributed by atoms with E-state index >= 15 is 0 Å². The number of azide groups is 1. The van der Waals surface area contributed by atoms with E-state index in [0.29, 0.717) is 12.7 Å². The first-order valence-electron chi connectivity index (χ1n) is 6.47. The van der Waals surface area contributed by atoms with Crippen LogP contribution in [0.3, 0.4) is 0 Å². The van der Waals surface area contributed by atoms with Crippen molar-refractivity contribution in [2.75, 3.05) is 6.61 Å². The molecule has 0 aromatic rings. The van der Waals surface area contributed by atoms with E-state index in [4.69, 9.17) is 14.4 Å². The van der Waals surface area contributed by atoms with Crippen molar-refractivity contribution >= 4 is 18.6 Å². The fourth-order valence-electron chi connectivity index (χ4n) is 1.67. The van der Waals surface area contributed by atoms with Crippen LogP contribution in [0.2, 0.25) is 12.6 Å². The molecule has 0 rings (SSSR count). The molecule has 0 aromatic carbocycles. The van der Waals surface area contributed by atoms with Gasteiger partial charge in [-0.05, 0) is 31.0 Å². The number of nitrogens with zero attached hydrogens (tertiary/aromatic N) is 3. The summed E-state index contributed by atoms with van der Waals surface area (Å²) in [6.07, 6.45) is 1.92. The van der Waals surface area contributed by atoms with Gasteiger partial charge in [-0.15, -0.1) is 0 Å². The van der Waals surface area contributed by atoms with E-state index in [1.165, 1.54) is 0 Å². The Hall–Kier alpha value is -0.603. The quantitative estimate of drug-likeness (QED) is 0.267. The van der Waals surface area contributed by atoms with Crippen molar-refractivity contribution in [2.24, 2.45) is 4.52 Å². The Labute approximate surface area is 116 Å². The minimum atomic E-state index is -3.96. The van der Waals surface area contributed by atoms with Crippen molar-refractivity contribution in [1.82, 2.24) is 0 Å². The molecule has 7 nitrogen and oxygen atoms in total. The third kappa shape index (κ3) is 6.39. The van der Waals surface area contributed by atoms with Crippen LogP contribution in [0.15, 0.2) is 4.52 Å². The Morgan fingerprint density at radius 1 is 1.32 bits per heavy atom. The van der Waals surface area contributed by atoms with Gasteiger partial charge in [-0.3, -0.25) is 0 Å². The van der Waals surface area contributed by atoms with E-state index in [0.717, 1.165) is 12.8 Å². The molecular weight excluding hydrogens is 286 g/mol. The first-order chi connectivity index (χ1) is 8.85. The lowest BCUT2D eigenvalue weighted by Gasteiger charge is -2.30. The average Bonchev–Trinajstić information content (AvgIpc) is 2.34. The molecule has 0 aliphatic heterocycles. The van der Waals surface area contributed by atoms with Crippen molar-refractivity contribution in [3.8, 4) is 0 Å². The molecule has 0 aromatic heterocycles. The average molecular weight is 309 g/mol. The van der Waals surface area contributed by atoms with Gasteiger partial charge in [-0.1, -0.05) is 27.2 Å². The molecule has 0 spiro atoms. The van der Waals surface area contributed by atoms with E-state index < -0.39 is 24.0 Å². The van der Waals surface area contributed by atoms with Crippen LogP contribution in [0.1, 0.15) is 40.0 Å². The van der Waals surface area contributed by atoms with E-state index in [2.05, 4.69) is 9.43 Å². The minimum absolute atomic E-state index is 0.225. The molecule has 0 radical (unpaired) electrons. The number of hydrogen-bond donors (Lipinski definition) is 0. The SMILES string of the molecule is CCCO[Si](C)(CCC)OC(CC)S(=O)(=O)N=[N+]=[N-]. The van der Waals surface area contributed by atoms with Crippen LogP contribution in [-0.4, -0.2) is 29.0 Å². The highest BCUT2D eigenvalue weighted by atomic mass is 32.2. The van der Waals surface area contributed by atoms with Crippen LogP contribution in [0.5, 0.6) is 0 Å². The van der Waals surface area contributed by atoms with Gasteiger partial charge < -0.3 is 8.85 Å². The van der Waals surface area contributed by atoms with Gasteiger partial charge in [0.1, 0.15) is 0 Å². The fraction of sp³-hybridized carbons (Fsp3) is 1.00. The highest BCUT2D eigenvalue weighted by molar-refractivity contribution is 7.90. The summed E-state index contributed by atoms with van der Waals surface area (Å²) in [7, 11) is -6.51. The predicted molar refractivity (Wildman–Crippen MR) is 76.2 cm³/mol. The summed E-state index contributed by atoms with van der Waals surface area (Å²) in [6, 6.07) is 0.704. The zero-order valence-corrected chi connectivity index (χ0v) is 13.8. The lowest BCUT2D eigenvalue weighted by molar-refractivity contribution is 0.152.